The Kier molecular flexibility index (Phi) is 4.13. The van der Waals surface area contributed by atoms with Gasteiger partial charge in [0, 0.05) is 59.2 Å². The van der Waals surface area contributed by atoms with E-state index in [1.54, 1.807) is 17.2 Å². The first-order valence-corrected chi connectivity index (χ1v) is 9.79. The lowest BCUT2D eigenvalue weighted by molar-refractivity contribution is -0.924. The Balaban J connectivity index is 1.52. The predicted molar refractivity (Wildman–Crippen MR) is 106 cm³/mol. The van der Waals surface area contributed by atoms with Gasteiger partial charge >= 0.3 is 0 Å². The monoisotopic (exact) mass is 358 g/mol. The van der Waals surface area contributed by atoms with Crippen LogP contribution in [0, 0.1) is 5.92 Å². The fraction of sp³-hybridized carbons (Fsp3) is 0.304. The molecule has 2 aliphatic rings. The van der Waals surface area contributed by atoms with Gasteiger partial charge in [0.1, 0.15) is 6.54 Å². The number of fused-ring (bicyclic) bond motifs is 4. The summed E-state index contributed by atoms with van der Waals surface area (Å²) in [6.45, 7) is 4.14. The molecule has 136 valence electrons. The number of benzene rings is 1. The molecule has 4 nitrogen and oxygen atoms in total. The van der Waals surface area contributed by atoms with E-state index in [0.717, 1.165) is 31.7 Å². The molecule has 3 atom stereocenters. The molecule has 1 saturated heterocycles. The van der Waals surface area contributed by atoms with Crippen LogP contribution in [0.3, 0.4) is 0 Å². The van der Waals surface area contributed by atoms with Crippen LogP contribution in [-0.2, 0) is 13.1 Å². The lowest BCUT2D eigenvalue weighted by atomic mass is 9.80. The second-order valence-electron chi connectivity index (χ2n) is 7.94. The van der Waals surface area contributed by atoms with Gasteiger partial charge in [0.25, 0.3) is 5.56 Å². The third-order valence-electron chi connectivity index (χ3n) is 6.05. The van der Waals surface area contributed by atoms with Crippen molar-refractivity contribution < 1.29 is 4.90 Å². The van der Waals surface area contributed by atoms with Crippen LogP contribution in [-0.4, -0.2) is 22.6 Å². The zero-order valence-corrected chi connectivity index (χ0v) is 15.3. The molecule has 27 heavy (non-hydrogen) atoms. The maximum absolute atomic E-state index is 12.6. The predicted octanol–water partition coefficient (Wildman–Crippen LogP) is 2.11. The molecule has 3 aromatic rings. The summed E-state index contributed by atoms with van der Waals surface area (Å²) in [5, 5.41) is 0. The Hall–Kier alpha value is -2.72. The summed E-state index contributed by atoms with van der Waals surface area (Å²) in [5.41, 5.74) is 5.03. The average molecular weight is 358 g/mol. The zero-order valence-electron chi connectivity index (χ0n) is 15.3. The zero-order chi connectivity index (χ0) is 18.2. The molecule has 0 amide bonds. The van der Waals surface area contributed by atoms with E-state index in [4.69, 9.17) is 0 Å². The number of nitrogens with one attached hydrogen (secondary N) is 1. The molecule has 0 aliphatic carbocycles. The van der Waals surface area contributed by atoms with Crippen LogP contribution in [0.25, 0.3) is 11.1 Å². The number of nitrogens with zero attached hydrogens (tertiary/aromatic N) is 2. The van der Waals surface area contributed by atoms with Crippen molar-refractivity contribution in [1.82, 2.24) is 9.55 Å². The van der Waals surface area contributed by atoms with Crippen LogP contribution in [0.4, 0.5) is 0 Å². The Bertz CT molecular complexity index is 997. The van der Waals surface area contributed by atoms with E-state index in [1.165, 1.54) is 23.2 Å². The van der Waals surface area contributed by atoms with Gasteiger partial charge in [-0.3, -0.25) is 9.78 Å². The van der Waals surface area contributed by atoms with Gasteiger partial charge in [0.05, 0.1) is 13.1 Å². The molecule has 1 fully saturated rings. The summed E-state index contributed by atoms with van der Waals surface area (Å²) in [4.78, 5) is 18.5. The molecule has 2 aliphatic heterocycles. The van der Waals surface area contributed by atoms with E-state index in [-0.39, 0.29) is 5.56 Å². The van der Waals surface area contributed by atoms with Gasteiger partial charge in [-0.2, -0.15) is 0 Å². The summed E-state index contributed by atoms with van der Waals surface area (Å²) >= 11 is 0. The number of aromatic nitrogens is 2. The third kappa shape index (κ3) is 3.10. The first-order chi connectivity index (χ1) is 13.3. The Morgan fingerprint density at radius 2 is 1.93 bits per heavy atom. The maximum atomic E-state index is 12.6. The average Bonchev–Trinajstić information content (AvgIpc) is 2.70. The summed E-state index contributed by atoms with van der Waals surface area (Å²) in [6.07, 6.45) is 4.90. The third-order valence-corrected chi connectivity index (χ3v) is 6.05. The van der Waals surface area contributed by atoms with E-state index in [0.29, 0.717) is 11.8 Å². The molecule has 4 heterocycles. The molecule has 2 bridgehead atoms. The fourth-order valence-electron chi connectivity index (χ4n) is 5.03. The van der Waals surface area contributed by atoms with Gasteiger partial charge in [0.2, 0.25) is 0 Å². The summed E-state index contributed by atoms with van der Waals surface area (Å²) in [6, 6.07) is 18.5. The second-order valence-corrected chi connectivity index (χ2v) is 7.94. The van der Waals surface area contributed by atoms with E-state index in [9.17, 15) is 4.79 Å². The fourth-order valence-corrected chi connectivity index (χ4v) is 5.03. The lowest BCUT2D eigenvalue weighted by Crippen LogP contribution is -3.13. The lowest BCUT2D eigenvalue weighted by Gasteiger charge is -2.41. The Morgan fingerprint density at radius 1 is 1.04 bits per heavy atom. The number of piperidine rings is 1. The quantitative estimate of drug-likeness (QED) is 0.779. The highest BCUT2D eigenvalue weighted by molar-refractivity contribution is 5.66. The van der Waals surface area contributed by atoms with E-state index in [1.807, 2.05) is 22.9 Å². The molecule has 1 unspecified atom stereocenters. The van der Waals surface area contributed by atoms with Gasteiger partial charge in [-0.15, -0.1) is 0 Å². The van der Waals surface area contributed by atoms with Crippen molar-refractivity contribution >= 4 is 0 Å². The smallest absolute Gasteiger partial charge is 0.250 e. The van der Waals surface area contributed by atoms with Gasteiger partial charge < -0.3 is 9.47 Å². The largest absolute Gasteiger partial charge is 0.330 e. The van der Waals surface area contributed by atoms with Gasteiger partial charge in [-0.1, -0.05) is 36.4 Å². The van der Waals surface area contributed by atoms with Crippen LogP contribution in [0.2, 0.25) is 0 Å². The molecule has 4 heteroatoms. The number of likely N-dealkylation sites (tertiary alicyclic amines) is 1. The summed E-state index contributed by atoms with van der Waals surface area (Å²) < 4.78 is 2.04. The highest BCUT2D eigenvalue weighted by Crippen LogP contribution is 2.36. The minimum atomic E-state index is 0.138. The minimum Gasteiger partial charge on any atom is -0.330 e. The molecule has 2 aromatic heterocycles. The molecular formula is C23H24N3O+. The first-order valence-electron chi connectivity index (χ1n) is 9.79. The van der Waals surface area contributed by atoms with Crippen molar-refractivity contribution in [2.24, 2.45) is 5.92 Å². The minimum absolute atomic E-state index is 0.138. The molecule has 1 aromatic carbocycles. The van der Waals surface area contributed by atoms with Crippen molar-refractivity contribution in [3.05, 3.63) is 88.6 Å². The molecule has 0 radical (unpaired) electrons. The second kappa shape index (κ2) is 6.78. The van der Waals surface area contributed by atoms with Gasteiger partial charge in [-0.25, -0.2) is 0 Å². The highest BCUT2D eigenvalue weighted by atomic mass is 16.1. The SMILES string of the molecule is O=c1ccc(-c2cccnc2)c2n1C[C@H]1C[C@@H]2C[NH+](Cc2ccccc2)C1. The van der Waals surface area contributed by atoms with Crippen molar-refractivity contribution in [2.75, 3.05) is 13.1 Å². The van der Waals surface area contributed by atoms with Crippen LogP contribution in [0.5, 0.6) is 0 Å². The highest BCUT2D eigenvalue weighted by Gasteiger charge is 2.38. The first kappa shape index (κ1) is 16.5. The molecule has 0 spiro atoms. The van der Waals surface area contributed by atoms with Crippen LogP contribution in [0.1, 0.15) is 23.6 Å². The topological polar surface area (TPSA) is 39.3 Å². The number of pyridine rings is 2. The number of quaternary nitrogens is 1. The van der Waals surface area contributed by atoms with Crippen LogP contribution >= 0.6 is 0 Å². The summed E-state index contributed by atoms with van der Waals surface area (Å²) in [7, 11) is 0. The normalized spacial score (nSPS) is 23.6. The Labute approximate surface area is 159 Å². The van der Waals surface area contributed by atoms with Crippen molar-refractivity contribution in [3.8, 4) is 11.1 Å². The molecule has 1 N–H and O–H groups in total. The number of hydrogen-bond donors (Lipinski definition) is 1. The maximum Gasteiger partial charge on any atom is 0.250 e. The van der Waals surface area contributed by atoms with Crippen molar-refractivity contribution in [3.63, 3.8) is 0 Å². The van der Waals surface area contributed by atoms with Gasteiger partial charge in [-0.05, 0) is 18.6 Å². The molecule has 5 rings (SSSR count). The summed E-state index contributed by atoms with van der Waals surface area (Å²) in [5.74, 6) is 1.01. The number of rotatable bonds is 3. The standard InChI is InChI=1S/C23H23N3O/c27-22-9-8-21(19-7-4-10-24-12-19)23-20-11-18(15-26(22)23)14-25(16-20)13-17-5-2-1-3-6-17/h1-10,12,18,20H,11,13-16H2/p+1/t18-,20+/m0/s1. The van der Waals surface area contributed by atoms with Crippen LogP contribution in [0.15, 0.2) is 71.8 Å². The number of hydrogen-bond acceptors (Lipinski definition) is 2. The van der Waals surface area contributed by atoms with Crippen LogP contribution < -0.4 is 10.5 Å². The van der Waals surface area contributed by atoms with Crippen molar-refractivity contribution in [2.45, 2.75) is 25.4 Å². The molecular weight excluding hydrogens is 334 g/mol. The Morgan fingerprint density at radius 3 is 2.74 bits per heavy atom. The van der Waals surface area contributed by atoms with Gasteiger partial charge in [0.15, 0.2) is 0 Å². The van der Waals surface area contributed by atoms with E-state index >= 15 is 0 Å². The molecule has 0 saturated carbocycles. The van der Waals surface area contributed by atoms with E-state index in [2.05, 4.69) is 41.4 Å². The van der Waals surface area contributed by atoms with Crippen molar-refractivity contribution in [1.29, 1.82) is 0 Å². The van der Waals surface area contributed by atoms with E-state index < -0.39 is 0 Å².